The standard InChI is InChI=1S/C32H31N2O/c1-19(2)22-9-11-23(12-10-22)30-27(33-6)16-15-26-25-14-8-21(5)29(31(25)35-32(26)30)28-17-13-24(20(3)4)18-34(28)7/h8-20H,1-5,7H3/q+1/i13D,20D. The Hall–Kier alpha value is -3.90. The Bertz CT molecular complexity index is 1720. The van der Waals surface area contributed by atoms with Gasteiger partial charge in [0.25, 0.3) is 0 Å². The lowest BCUT2D eigenvalue weighted by Crippen LogP contribution is -2.31. The number of hydrogen-bond acceptors (Lipinski definition) is 1. The molecule has 0 saturated carbocycles. The topological polar surface area (TPSA) is 21.4 Å². The SMILES string of the molecule is [2H]c1cc(-c2c(C)ccc3c2oc2c(-c4ccc(C(C)C)cc4)c([N+]#[C-])ccc23)[n+](C)cc1C([2H])(C)C. The fraction of sp³-hybridized carbons (Fsp3) is 0.250. The lowest BCUT2D eigenvalue weighted by molar-refractivity contribution is -0.660. The van der Waals surface area contributed by atoms with E-state index in [2.05, 4.69) is 55.1 Å². The summed E-state index contributed by atoms with van der Waals surface area (Å²) in [5.41, 5.74) is 8.49. The zero-order valence-corrected chi connectivity index (χ0v) is 21.2. The monoisotopic (exact) mass is 461 g/mol. The van der Waals surface area contributed by atoms with Crippen molar-refractivity contribution in [2.45, 2.75) is 46.4 Å². The maximum atomic E-state index is 8.65. The number of fused-ring (bicyclic) bond motifs is 3. The van der Waals surface area contributed by atoms with Crippen LogP contribution >= 0.6 is 0 Å². The van der Waals surface area contributed by atoms with Crippen molar-refractivity contribution in [2.75, 3.05) is 0 Å². The lowest BCUT2D eigenvalue weighted by Gasteiger charge is -2.09. The summed E-state index contributed by atoms with van der Waals surface area (Å²) >= 11 is 0. The highest BCUT2D eigenvalue weighted by Gasteiger charge is 2.23. The summed E-state index contributed by atoms with van der Waals surface area (Å²) < 4.78 is 25.7. The number of nitrogens with zero attached hydrogens (tertiary/aromatic N) is 2. The molecule has 3 heteroatoms. The van der Waals surface area contributed by atoms with Crippen LogP contribution in [0.3, 0.4) is 0 Å². The molecule has 5 rings (SSSR count). The second kappa shape index (κ2) is 8.71. The molecule has 0 unspecified atom stereocenters. The molecule has 3 nitrogen and oxygen atoms in total. The first kappa shape index (κ1) is 20.5. The molecule has 2 aromatic heterocycles. The lowest BCUT2D eigenvalue weighted by atomic mass is 9.96. The van der Waals surface area contributed by atoms with E-state index >= 15 is 0 Å². The van der Waals surface area contributed by atoms with Crippen molar-refractivity contribution in [3.63, 3.8) is 0 Å². The number of benzene rings is 3. The fourth-order valence-corrected chi connectivity index (χ4v) is 4.79. The van der Waals surface area contributed by atoms with Crippen LogP contribution < -0.4 is 4.57 Å². The third kappa shape index (κ3) is 3.80. The summed E-state index contributed by atoms with van der Waals surface area (Å²) in [6.07, 6.45) is 1.88. The van der Waals surface area contributed by atoms with Gasteiger partial charge in [0.2, 0.25) is 5.69 Å². The number of hydrogen-bond donors (Lipinski definition) is 0. The average Bonchev–Trinajstić information content (AvgIpc) is 3.22. The average molecular weight is 462 g/mol. The highest BCUT2D eigenvalue weighted by Crippen LogP contribution is 2.44. The molecule has 0 radical (unpaired) electrons. The zero-order valence-electron chi connectivity index (χ0n) is 23.2. The maximum absolute atomic E-state index is 8.65. The Morgan fingerprint density at radius 2 is 1.54 bits per heavy atom. The van der Waals surface area contributed by atoms with Gasteiger partial charge in [0.15, 0.2) is 11.9 Å². The van der Waals surface area contributed by atoms with Gasteiger partial charge in [-0.05, 0) is 41.5 Å². The molecule has 5 aromatic rings. The van der Waals surface area contributed by atoms with Crippen molar-refractivity contribution < 1.29 is 11.7 Å². The third-order valence-electron chi connectivity index (χ3n) is 6.84. The largest absolute Gasteiger partial charge is 0.456 e. The van der Waals surface area contributed by atoms with Crippen LogP contribution in [0.4, 0.5) is 5.69 Å². The van der Waals surface area contributed by atoms with E-state index in [9.17, 15) is 0 Å². The normalized spacial score (nSPS) is 12.7. The molecule has 0 N–H and O–H groups in total. The number of furan rings is 1. The fourth-order valence-electron chi connectivity index (χ4n) is 4.79. The first-order valence-corrected chi connectivity index (χ1v) is 12.0. The summed E-state index contributed by atoms with van der Waals surface area (Å²) in [4.78, 5) is 3.82. The summed E-state index contributed by atoms with van der Waals surface area (Å²) in [6, 6.07) is 18.6. The Kier molecular flexibility index (Phi) is 5.09. The van der Waals surface area contributed by atoms with Gasteiger partial charge in [-0.15, -0.1) is 0 Å². The first-order valence-electron chi connectivity index (χ1n) is 13.0. The molecule has 3 aromatic carbocycles. The number of aryl methyl sites for hydroxylation is 2. The van der Waals surface area contributed by atoms with Gasteiger partial charge in [-0.1, -0.05) is 76.2 Å². The van der Waals surface area contributed by atoms with Crippen molar-refractivity contribution in [2.24, 2.45) is 7.05 Å². The molecule has 0 amide bonds. The Morgan fingerprint density at radius 3 is 2.17 bits per heavy atom. The molecule has 0 aliphatic carbocycles. The molecule has 0 fully saturated rings. The highest BCUT2D eigenvalue weighted by molar-refractivity contribution is 6.15. The summed E-state index contributed by atoms with van der Waals surface area (Å²) in [5.74, 6) is -0.444. The van der Waals surface area contributed by atoms with E-state index in [4.69, 9.17) is 13.7 Å². The van der Waals surface area contributed by atoms with E-state index < -0.39 is 5.89 Å². The van der Waals surface area contributed by atoms with Crippen molar-refractivity contribution in [3.8, 4) is 22.4 Å². The molecule has 2 heterocycles. The van der Waals surface area contributed by atoms with Crippen LogP contribution in [-0.4, -0.2) is 0 Å². The van der Waals surface area contributed by atoms with Crippen LogP contribution in [0.5, 0.6) is 0 Å². The summed E-state index contributed by atoms with van der Waals surface area (Å²) in [6.45, 7) is 17.8. The van der Waals surface area contributed by atoms with Crippen LogP contribution in [-0.2, 0) is 7.05 Å². The molecular weight excluding hydrogens is 428 g/mol. The van der Waals surface area contributed by atoms with Crippen molar-refractivity contribution >= 4 is 27.6 Å². The highest BCUT2D eigenvalue weighted by atomic mass is 16.3. The van der Waals surface area contributed by atoms with Crippen LogP contribution in [0, 0.1) is 13.5 Å². The van der Waals surface area contributed by atoms with E-state index in [0.29, 0.717) is 28.8 Å². The Morgan fingerprint density at radius 1 is 0.886 bits per heavy atom. The van der Waals surface area contributed by atoms with E-state index in [0.717, 1.165) is 44.3 Å². The van der Waals surface area contributed by atoms with Crippen LogP contribution in [0.15, 0.2) is 71.3 Å². The molecule has 0 aliphatic rings. The predicted octanol–water partition coefficient (Wildman–Crippen LogP) is 8.85. The van der Waals surface area contributed by atoms with Gasteiger partial charge in [-0.2, -0.15) is 0 Å². The van der Waals surface area contributed by atoms with Crippen molar-refractivity contribution in [1.82, 2.24) is 0 Å². The van der Waals surface area contributed by atoms with Gasteiger partial charge in [0.05, 0.1) is 13.5 Å². The van der Waals surface area contributed by atoms with Crippen LogP contribution in [0.2, 0.25) is 0 Å². The van der Waals surface area contributed by atoms with Crippen LogP contribution in [0.1, 0.15) is 58.9 Å². The number of rotatable bonds is 4. The maximum Gasteiger partial charge on any atom is 0.216 e. The minimum Gasteiger partial charge on any atom is -0.456 e. The minimum atomic E-state index is -0.871. The minimum absolute atomic E-state index is 0.335. The molecule has 0 atom stereocenters. The molecule has 174 valence electrons. The second-order valence-electron chi connectivity index (χ2n) is 9.79. The predicted molar refractivity (Wildman–Crippen MR) is 145 cm³/mol. The smallest absolute Gasteiger partial charge is 0.216 e. The van der Waals surface area contributed by atoms with Crippen molar-refractivity contribution in [1.29, 1.82) is 0 Å². The molecular formula is C32H31N2O+. The molecule has 35 heavy (non-hydrogen) atoms. The van der Waals surface area contributed by atoms with Gasteiger partial charge >= 0.3 is 0 Å². The van der Waals surface area contributed by atoms with E-state index in [1.165, 1.54) is 5.56 Å². The first-order chi connectivity index (χ1) is 17.5. The Balaban J connectivity index is 1.82. The van der Waals surface area contributed by atoms with Gasteiger partial charge in [0.1, 0.15) is 18.2 Å². The third-order valence-corrected chi connectivity index (χ3v) is 6.84. The van der Waals surface area contributed by atoms with E-state index in [-0.39, 0.29) is 0 Å². The van der Waals surface area contributed by atoms with Crippen LogP contribution in [0.25, 0.3) is 49.2 Å². The zero-order chi connectivity index (χ0) is 26.6. The van der Waals surface area contributed by atoms with Crippen molar-refractivity contribution in [3.05, 3.63) is 94.9 Å². The molecule has 0 bridgehead atoms. The second-order valence-corrected chi connectivity index (χ2v) is 9.79. The van der Waals surface area contributed by atoms with E-state index in [1.54, 1.807) is 13.8 Å². The number of aromatic nitrogens is 1. The van der Waals surface area contributed by atoms with Gasteiger partial charge in [0, 0.05) is 29.3 Å². The molecule has 0 spiro atoms. The van der Waals surface area contributed by atoms with E-state index in [1.807, 2.05) is 42.9 Å². The summed E-state index contributed by atoms with van der Waals surface area (Å²) in [5, 5.41) is 1.94. The Labute approximate surface area is 210 Å². The van der Waals surface area contributed by atoms with Gasteiger partial charge in [-0.3, -0.25) is 0 Å². The molecule has 0 saturated heterocycles. The summed E-state index contributed by atoms with van der Waals surface area (Å²) in [7, 11) is 1.95. The van der Waals surface area contributed by atoms with Gasteiger partial charge in [-0.25, -0.2) is 9.41 Å². The van der Waals surface area contributed by atoms with Gasteiger partial charge < -0.3 is 4.42 Å². The molecule has 0 aliphatic heterocycles. The number of pyridine rings is 1. The quantitative estimate of drug-likeness (QED) is 0.193.